The molecular weight excluding hydrogens is 358 g/mol. The molecule has 4 nitrogen and oxygen atoms in total. The summed E-state index contributed by atoms with van der Waals surface area (Å²) in [6.45, 7) is 2.07. The van der Waals surface area contributed by atoms with E-state index in [1.165, 1.54) is 28.5 Å². The van der Waals surface area contributed by atoms with Gasteiger partial charge in [0, 0.05) is 16.7 Å². The zero-order valence-electron chi connectivity index (χ0n) is 12.9. The Hall–Kier alpha value is -1.96. The Morgan fingerprint density at radius 3 is 2.83 bits per heavy atom. The van der Waals surface area contributed by atoms with Gasteiger partial charge in [0.1, 0.15) is 0 Å². The fourth-order valence-electron chi connectivity index (χ4n) is 1.84. The maximum absolute atomic E-state index is 11.9. The van der Waals surface area contributed by atoms with Crippen molar-refractivity contribution in [3.63, 3.8) is 0 Å². The van der Waals surface area contributed by atoms with Crippen molar-refractivity contribution in [1.82, 2.24) is 10.2 Å². The van der Waals surface area contributed by atoms with Crippen molar-refractivity contribution < 1.29 is 4.79 Å². The molecule has 1 amide bonds. The summed E-state index contributed by atoms with van der Waals surface area (Å²) in [7, 11) is 0. The molecule has 0 saturated heterocycles. The highest BCUT2D eigenvalue weighted by atomic mass is 32.2. The van der Waals surface area contributed by atoms with Crippen LogP contribution in [0.15, 0.2) is 52.2 Å². The highest BCUT2D eigenvalue weighted by Crippen LogP contribution is 2.28. The number of hydrogen-bond donors (Lipinski definition) is 1. The summed E-state index contributed by atoms with van der Waals surface area (Å²) in [6, 6.07) is 12.3. The fourth-order valence-corrected chi connectivity index (χ4v) is 4.17. The van der Waals surface area contributed by atoms with E-state index in [0.29, 0.717) is 5.13 Å². The largest absolute Gasteiger partial charge is 0.297 e. The van der Waals surface area contributed by atoms with Crippen LogP contribution in [0.5, 0.6) is 0 Å². The van der Waals surface area contributed by atoms with Crippen molar-refractivity contribution in [2.45, 2.75) is 17.0 Å². The van der Waals surface area contributed by atoms with E-state index < -0.39 is 0 Å². The molecule has 0 radical (unpaired) electrons. The number of aryl methyl sites for hydroxylation is 1. The van der Waals surface area contributed by atoms with Gasteiger partial charge in [-0.3, -0.25) is 10.1 Å². The Kier molecular flexibility index (Phi) is 5.79. The molecule has 2 aromatic heterocycles. The molecule has 0 spiro atoms. The number of thioether (sulfide) groups is 1. The summed E-state index contributed by atoms with van der Waals surface area (Å²) in [5.74, 6) is 0.635. The van der Waals surface area contributed by atoms with E-state index in [1.54, 1.807) is 29.2 Å². The van der Waals surface area contributed by atoms with Gasteiger partial charge < -0.3 is 0 Å². The van der Waals surface area contributed by atoms with Gasteiger partial charge in [0.05, 0.1) is 0 Å². The maximum Gasteiger partial charge on any atom is 0.250 e. The normalized spacial score (nSPS) is 11.0. The van der Waals surface area contributed by atoms with Crippen LogP contribution in [0.1, 0.15) is 16.0 Å². The lowest BCUT2D eigenvalue weighted by molar-refractivity contribution is -0.111. The summed E-state index contributed by atoms with van der Waals surface area (Å²) >= 11 is 4.59. The van der Waals surface area contributed by atoms with Crippen LogP contribution in [-0.2, 0) is 10.5 Å². The van der Waals surface area contributed by atoms with Crippen LogP contribution < -0.4 is 5.32 Å². The molecule has 0 fully saturated rings. The molecule has 7 heteroatoms. The molecule has 0 atom stereocenters. The maximum atomic E-state index is 11.9. The summed E-state index contributed by atoms with van der Waals surface area (Å²) in [5, 5.41) is 13.3. The number of carbonyl (C=O) groups is 1. The van der Waals surface area contributed by atoms with E-state index in [4.69, 9.17) is 0 Å². The summed E-state index contributed by atoms with van der Waals surface area (Å²) in [5.41, 5.74) is 2.49. The number of hydrogen-bond acceptors (Lipinski definition) is 6. The van der Waals surface area contributed by atoms with Crippen molar-refractivity contribution in [2.24, 2.45) is 0 Å². The van der Waals surface area contributed by atoms with Crippen molar-refractivity contribution in [3.8, 4) is 0 Å². The van der Waals surface area contributed by atoms with Gasteiger partial charge in [0.2, 0.25) is 11.0 Å². The lowest BCUT2D eigenvalue weighted by atomic mass is 10.2. The second kappa shape index (κ2) is 8.23. The van der Waals surface area contributed by atoms with Crippen LogP contribution in [0.3, 0.4) is 0 Å². The van der Waals surface area contributed by atoms with Gasteiger partial charge >= 0.3 is 0 Å². The number of anilines is 1. The van der Waals surface area contributed by atoms with Gasteiger partial charge in [-0.2, -0.15) is 0 Å². The number of rotatable bonds is 6. The first kappa shape index (κ1) is 16.9. The van der Waals surface area contributed by atoms with Crippen molar-refractivity contribution in [3.05, 3.63) is 63.9 Å². The van der Waals surface area contributed by atoms with Crippen LogP contribution in [-0.4, -0.2) is 16.1 Å². The van der Waals surface area contributed by atoms with Crippen LogP contribution >= 0.6 is 34.4 Å². The summed E-state index contributed by atoms with van der Waals surface area (Å²) in [4.78, 5) is 12.9. The first-order valence-electron chi connectivity index (χ1n) is 7.23. The second-order valence-electron chi connectivity index (χ2n) is 4.99. The van der Waals surface area contributed by atoms with Gasteiger partial charge in [0.25, 0.3) is 0 Å². The molecule has 0 unspecified atom stereocenters. The third kappa shape index (κ3) is 5.02. The zero-order chi connectivity index (χ0) is 16.8. The molecule has 1 N–H and O–H groups in total. The quantitative estimate of drug-likeness (QED) is 0.381. The van der Waals surface area contributed by atoms with Gasteiger partial charge in [-0.1, -0.05) is 59.0 Å². The average Bonchev–Trinajstić information content (AvgIpc) is 3.24. The molecule has 3 aromatic rings. The Labute approximate surface area is 152 Å². The molecule has 1 aromatic carbocycles. The van der Waals surface area contributed by atoms with Gasteiger partial charge in [-0.15, -0.1) is 21.5 Å². The number of carbonyl (C=O) groups excluding carboxylic acids is 1. The molecular formula is C17H15N3OS3. The number of thiophene rings is 1. The first-order chi connectivity index (χ1) is 11.7. The molecule has 0 aliphatic heterocycles. The highest BCUT2D eigenvalue weighted by molar-refractivity contribution is 8.00. The SMILES string of the molecule is Cc1ccc(CSc2nnc(NC(=O)/C=C/c3cccs3)s2)cc1. The number of amides is 1. The second-order valence-corrected chi connectivity index (χ2v) is 8.16. The zero-order valence-corrected chi connectivity index (χ0v) is 15.4. The van der Waals surface area contributed by atoms with E-state index >= 15 is 0 Å². The Morgan fingerprint density at radius 1 is 1.25 bits per heavy atom. The average molecular weight is 374 g/mol. The van der Waals surface area contributed by atoms with Crippen LogP contribution in [0.2, 0.25) is 0 Å². The Balaban J connectivity index is 1.51. The van der Waals surface area contributed by atoms with Gasteiger partial charge in [0.15, 0.2) is 4.34 Å². The van der Waals surface area contributed by atoms with E-state index in [1.807, 2.05) is 17.5 Å². The highest BCUT2D eigenvalue weighted by Gasteiger charge is 2.07. The molecule has 122 valence electrons. The van der Waals surface area contributed by atoms with E-state index in [-0.39, 0.29) is 5.91 Å². The number of benzene rings is 1. The lowest BCUT2D eigenvalue weighted by Gasteiger charge is -1.99. The number of aromatic nitrogens is 2. The third-order valence-corrected chi connectivity index (χ3v) is 5.94. The molecule has 0 aliphatic carbocycles. The number of nitrogens with zero attached hydrogens (tertiary/aromatic N) is 2. The lowest BCUT2D eigenvalue weighted by Crippen LogP contribution is -2.07. The third-order valence-electron chi connectivity index (χ3n) is 3.06. The number of nitrogens with one attached hydrogen (secondary N) is 1. The fraction of sp³-hybridized carbons (Fsp3) is 0.118. The monoisotopic (exact) mass is 373 g/mol. The van der Waals surface area contributed by atoms with Crippen LogP contribution in [0.4, 0.5) is 5.13 Å². The Bertz CT molecular complexity index is 823. The predicted octanol–water partition coefficient (Wildman–Crippen LogP) is 4.85. The molecule has 0 aliphatic rings. The molecule has 0 bridgehead atoms. The van der Waals surface area contributed by atoms with E-state index in [2.05, 4.69) is 46.7 Å². The van der Waals surface area contributed by atoms with E-state index in [9.17, 15) is 4.79 Å². The van der Waals surface area contributed by atoms with Crippen molar-refractivity contribution in [1.29, 1.82) is 0 Å². The minimum atomic E-state index is -0.199. The van der Waals surface area contributed by atoms with Crippen molar-refractivity contribution >= 4 is 51.6 Å². The predicted molar refractivity (Wildman–Crippen MR) is 103 cm³/mol. The standard InChI is InChI=1S/C17H15N3OS3/c1-12-4-6-13(7-5-12)11-23-17-20-19-16(24-17)18-15(21)9-8-14-3-2-10-22-14/h2-10H,11H2,1H3,(H,18,19,21)/b9-8+. The van der Waals surface area contributed by atoms with Crippen LogP contribution in [0, 0.1) is 6.92 Å². The molecule has 2 heterocycles. The molecule has 3 rings (SSSR count). The van der Waals surface area contributed by atoms with Crippen LogP contribution in [0.25, 0.3) is 6.08 Å². The van der Waals surface area contributed by atoms with E-state index in [0.717, 1.165) is 15.0 Å². The topological polar surface area (TPSA) is 54.9 Å². The summed E-state index contributed by atoms with van der Waals surface area (Å²) in [6.07, 6.45) is 3.29. The van der Waals surface area contributed by atoms with Gasteiger partial charge in [-0.05, 0) is 30.0 Å². The molecule has 24 heavy (non-hydrogen) atoms. The minimum Gasteiger partial charge on any atom is -0.297 e. The Morgan fingerprint density at radius 2 is 2.08 bits per heavy atom. The molecule has 0 saturated carbocycles. The minimum absolute atomic E-state index is 0.199. The summed E-state index contributed by atoms with van der Waals surface area (Å²) < 4.78 is 0.841. The smallest absolute Gasteiger partial charge is 0.250 e. The first-order valence-corrected chi connectivity index (χ1v) is 9.91. The van der Waals surface area contributed by atoms with Crippen molar-refractivity contribution in [2.75, 3.05) is 5.32 Å². The van der Waals surface area contributed by atoms with Gasteiger partial charge in [-0.25, -0.2) is 0 Å².